The number of nitrogens with zero attached hydrogens (tertiary/aromatic N) is 3. The molecule has 0 saturated heterocycles. The van der Waals surface area contributed by atoms with E-state index < -0.39 is 0 Å². The summed E-state index contributed by atoms with van der Waals surface area (Å²) < 4.78 is 1.96. The summed E-state index contributed by atoms with van der Waals surface area (Å²) in [5.41, 5.74) is 2.62. The van der Waals surface area contributed by atoms with Crippen molar-refractivity contribution in [3.63, 3.8) is 0 Å². The zero-order valence-electron chi connectivity index (χ0n) is 13.1. The van der Waals surface area contributed by atoms with Gasteiger partial charge < -0.3 is 9.88 Å². The normalized spacial score (nSPS) is 21.2. The van der Waals surface area contributed by atoms with E-state index in [1.807, 2.05) is 11.6 Å². The highest BCUT2D eigenvalue weighted by Gasteiger charge is 2.32. The first-order valence-electron chi connectivity index (χ1n) is 7.78. The lowest BCUT2D eigenvalue weighted by atomic mass is 9.73. The Morgan fingerprint density at radius 3 is 2.76 bits per heavy atom. The highest BCUT2D eigenvalue weighted by atomic mass is 15.2. The van der Waals surface area contributed by atoms with Crippen LogP contribution in [0.1, 0.15) is 39.5 Å². The molecule has 0 amide bonds. The van der Waals surface area contributed by atoms with Gasteiger partial charge in [0.25, 0.3) is 0 Å². The second-order valence-electron chi connectivity index (χ2n) is 6.74. The Kier molecular flexibility index (Phi) is 3.70. The lowest BCUT2D eigenvalue weighted by Gasteiger charge is -2.40. The molecule has 1 unspecified atom stereocenters. The van der Waals surface area contributed by atoms with E-state index in [0.717, 1.165) is 17.1 Å². The van der Waals surface area contributed by atoms with Gasteiger partial charge in [0.15, 0.2) is 5.82 Å². The van der Waals surface area contributed by atoms with Crippen LogP contribution in [0.3, 0.4) is 0 Å². The van der Waals surface area contributed by atoms with Crippen LogP contribution in [-0.4, -0.2) is 20.8 Å². The molecule has 4 heteroatoms. The Bertz CT molecular complexity index is 615. The fraction of sp³-hybridized carbons (Fsp3) is 0.529. The highest BCUT2D eigenvalue weighted by molar-refractivity contribution is 5.73. The van der Waals surface area contributed by atoms with E-state index in [1.54, 1.807) is 6.33 Å². The van der Waals surface area contributed by atoms with Crippen molar-refractivity contribution in [3.8, 4) is 11.4 Å². The van der Waals surface area contributed by atoms with Crippen molar-refractivity contribution in [2.24, 2.45) is 12.5 Å². The fourth-order valence-electron chi connectivity index (χ4n) is 3.28. The second-order valence-corrected chi connectivity index (χ2v) is 6.74. The van der Waals surface area contributed by atoms with Crippen molar-refractivity contribution in [1.29, 1.82) is 0 Å². The van der Waals surface area contributed by atoms with Gasteiger partial charge in [0, 0.05) is 24.3 Å². The SMILES string of the molecule is Cn1cnnc1-c1ccccc1NC1CCCCC1(C)C. The molecule has 2 aromatic rings. The summed E-state index contributed by atoms with van der Waals surface area (Å²) in [6.07, 6.45) is 6.93. The van der Waals surface area contributed by atoms with Crippen LogP contribution < -0.4 is 5.32 Å². The third kappa shape index (κ3) is 2.80. The quantitative estimate of drug-likeness (QED) is 0.930. The Balaban J connectivity index is 1.91. The minimum absolute atomic E-state index is 0.339. The summed E-state index contributed by atoms with van der Waals surface area (Å²) in [6.45, 7) is 4.74. The van der Waals surface area contributed by atoms with E-state index in [2.05, 4.69) is 53.6 Å². The standard InChI is InChI=1S/C17H24N4/c1-17(2)11-7-6-10-15(17)19-14-9-5-4-8-13(14)16-20-18-12-21(16)3/h4-5,8-9,12,15,19H,6-7,10-11H2,1-3H3. The van der Waals surface area contributed by atoms with E-state index in [9.17, 15) is 0 Å². The number of anilines is 1. The lowest BCUT2D eigenvalue weighted by molar-refractivity contribution is 0.217. The Hall–Kier alpha value is -1.84. The molecule has 1 aromatic heterocycles. The predicted molar refractivity (Wildman–Crippen MR) is 86.1 cm³/mol. The van der Waals surface area contributed by atoms with Gasteiger partial charge in [-0.05, 0) is 30.4 Å². The number of para-hydroxylation sites is 1. The van der Waals surface area contributed by atoms with Crippen molar-refractivity contribution in [3.05, 3.63) is 30.6 Å². The number of rotatable bonds is 3. The molecule has 21 heavy (non-hydrogen) atoms. The number of aryl methyl sites for hydroxylation is 1. The first-order chi connectivity index (χ1) is 10.1. The molecule has 0 spiro atoms. The summed E-state index contributed by atoms with van der Waals surface area (Å²) in [6, 6.07) is 8.91. The molecule has 0 aliphatic heterocycles. The van der Waals surface area contributed by atoms with E-state index in [1.165, 1.54) is 25.7 Å². The van der Waals surface area contributed by atoms with Gasteiger partial charge in [-0.15, -0.1) is 10.2 Å². The zero-order chi connectivity index (χ0) is 14.9. The minimum Gasteiger partial charge on any atom is -0.381 e. The largest absolute Gasteiger partial charge is 0.381 e. The van der Waals surface area contributed by atoms with Crippen LogP contribution in [0.2, 0.25) is 0 Å². The number of nitrogens with one attached hydrogen (secondary N) is 1. The van der Waals surface area contributed by atoms with Gasteiger partial charge in [-0.1, -0.05) is 38.8 Å². The smallest absolute Gasteiger partial charge is 0.165 e. The third-order valence-electron chi connectivity index (χ3n) is 4.72. The van der Waals surface area contributed by atoms with Crippen molar-refractivity contribution in [2.45, 2.75) is 45.6 Å². The minimum atomic E-state index is 0.339. The average molecular weight is 284 g/mol. The van der Waals surface area contributed by atoms with Crippen molar-refractivity contribution in [1.82, 2.24) is 14.8 Å². The van der Waals surface area contributed by atoms with E-state index in [-0.39, 0.29) is 0 Å². The molecule has 0 radical (unpaired) electrons. The highest BCUT2D eigenvalue weighted by Crippen LogP contribution is 2.38. The maximum Gasteiger partial charge on any atom is 0.165 e. The zero-order valence-corrected chi connectivity index (χ0v) is 13.1. The maximum atomic E-state index is 4.25. The molecular formula is C17H24N4. The molecule has 1 atom stereocenters. The van der Waals surface area contributed by atoms with E-state index >= 15 is 0 Å². The molecule has 1 aromatic carbocycles. The fourth-order valence-corrected chi connectivity index (χ4v) is 3.28. The van der Waals surface area contributed by atoms with Crippen LogP contribution in [0.5, 0.6) is 0 Å². The Morgan fingerprint density at radius 1 is 1.24 bits per heavy atom. The summed E-state index contributed by atoms with van der Waals surface area (Å²) in [5.74, 6) is 0.909. The second kappa shape index (κ2) is 5.51. The molecule has 1 heterocycles. The predicted octanol–water partition coefficient (Wildman–Crippen LogP) is 3.86. The van der Waals surface area contributed by atoms with Gasteiger partial charge in [0.1, 0.15) is 6.33 Å². The Labute approximate surface area is 126 Å². The van der Waals surface area contributed by atoms with Crippen LogP contribution in [0.25, 0.3) is 11.4 Å². The van der Waals surface area contributed by atoms with Crippen LogP contribution in [0, 0.1) is 5.41 Å². The summed E-state index contributed by atoms with van der Waals surface area (Å²) in [4.78, 5) is 0. The lowest BCUT2D eigenvalue weighted by Crippen LogP contribution is -2.39. The molecule has 0 bridgehead atoms. The van der Waals surface area contributed by atoms with Crippen LogP contribution in [-0.2, 0) is 7.05 Å². The summed E-state index contributed by atoms with van der Waals surface area (Å²) in [7, 11) is 1.98. The van der Waals surface area contributed by atoms with Crippen LogP contribution >= 0.6 is 0 Å². The maximum absolute atomic E-state index is 4.25. The topological polar surface area (TPSA) is 42.7 Å². The van der Waals surface area contributed by atoms with Gasteiger partial charge in [-0.25, -0.2) is 0 Å². The molecule has 1 saturated carbocycles. The molecule has 3 rings (SSSR count). The average Bonchev–Trinajstić information content (AvgIpc) is 2.88. The summed E-state index contributed by atoms with van der Waals surface area (Å²) >= 11 is 0. The van der Waals surface area contributed by atoms with Crippen LogP contribution in [0.15, 0.2) is 30.6 Å². The number of aromatic nitrogens is 3. The van der Waals surface area contributed by atoms with Crippen molar-refractivity contribution in [2.75, 3.05) is 5.32 Å². The van der Waals surface area contributed by atoms with Gasteiger partial charge >= 0.3 is 0 Å². The van der Waals surface area contributed by atoms with Gasteiger partial charge in [-0.3, -0.25) is 0 Å². The first kappa shape index (κ1) is 14.1. The molecule has 1 aliphatic rings. The molecular weight excluding hydrogens is 260 g/mol. The third-order valence-corrected chi connectivity index (χ3v) is 4.72. The van der Waals surface area contributed by atoms with E-state index in [0.29, 0.717) is 11.5 Å². The molecule has 4 nitrogen and oxygen atoms in total. The summed E-state index contributed by atoms with van der Waals surface area (Å²) in [5, 5.41) is 12.0. The first-order valence-corrected chi connectivity index (χ1v) is 7.78. The van der Waals surface area contributed by atoms with Gasteiger partial charge in [0.05, 0.1) is 0 Å². The molecule has 1 aliphatic carbocycles. The van der Waals surface area contributed by atoms with Gasteiger partial charge in [-0.2, -0.15) is 0 Å². The number of hydrogen-bond donors (Lipinski definition) is 1. The van der Waals surface area contributed by atoms with Crippen molar-refractivity contribution >= 4 is 5.69 Å². The number of benzene rings is 1. The molecule has 1 fully saturated rings. The monoisotopic (exact) mass is 284 g/mol. The van der Waals surface area contributed by atoms with Crippen molar-refractivity contribution < 1.29 is 0 Å². The number of hydrogen-bond acceptors (Lipinski definition) is 3. The van der Waals surface area contributed by atoms with E-state index in [4.69, 9.17) is 0 Å². The van der Waals surface area contributed by atoms with Gasteiger partial charge in [0.2, 0.25) is 0 Å². The Morgan fingerprint density at radius 2 is 2.05 bits per heavy atom. The molecule has 112 valence electrons. The van der Waals surface area contributed by atoms with Crippen LogP contribution in [0.4, 0.5) is 5.69 Å². The molecule has 1 N–H and O–H groups in total.